The van der Waals surface area contributed by atoms with Crippen molar-refractivity contribution < 1.29 is 13.2 Å². The van der Waals surface area contributed by atoms with E-state index < -0.39 is 10.2 Å². The largest absolute Gasteiger partial charge is 0.495 e. The van der Waals surface area contributed by atoms with Gasteiger partial charge in [0.05, 0.1) is 12.8 Å². The van der Waals surface area contributed by atoms with Gasteiger partial charge in [-0.3, -0.25) is 4.72 Å². The third-order valence-corrected chi connectivity index (χ3v) is 5.19. The number of methoxy groups -OCH3 is 1. The maximum atomic E-state index is 12.5. The number of nitrogens with one attached hydrogen (secondary N) is 1. The van der Waals surface area contributed by atoms with Gasteiger partial charge in [-0.25, -0.2) is 0 Å². The first kappa shape index (κ1) is 16.1. The summed E-state index contributed by atoms with van der Waals surface area (Å²) in [7, 11) is -2.04. The lowest BCUT2D eigenvalue weighted by molar-refractivity contribution is 0.282. The Kier molecular flexibility index (Phi) is 5.08. The number of benzene rings is 1. The molecule has 1 unspecified atom stereocenters. The average molecular weight is 313 g/mol. The summed E-state index contributed by atoms with van der Waals surface area (Å²) in [5.41, 5.74) is 6.91. The number of hydrogen-bond acceptors (Lipinski definition) is 4. The molecule has 1 saturated heterocycles. The van der Waals surface area contributed by atoms with Gasteiger partial charge >= 0.3 is 10.2 Å². The van der Waals surface area contributed by atoms with Crippen LogP contribution < -0.4 is 15.2 Å². The van der Waals surface area contributed by atoms with Gasteiger partial charge in [-0.05, 0) is 36.5 Å². The van der Waals surface area contributed by atoms with Crippen molar-refractivity contribution in [3.05, 3.63) is 23.8 Å². The van der Waals surface area contributed by atoms with E-state index in [0.29, 0.717) is 37.0 Å². The van der Waals surface area contributed by atoms with E-state index in [0.717, 1.165) is 18.4 Å². The highest BCUT2D eigenvalue weighted by molar-refractivity contribution is 7.90. The molecule has 1 aromatic rings. The fraction of sp³-hybridized carbons (Fsp3) is 0.571. The van der Waals surface area contributed by atoms with E-state index >= 15 is 0 Å². The molecule has 0 saturated carbocycles. The van der Waals surface area contributed by atoms with E-state index in [1.807, 2.05) is 0 Å². The molecule has 2 rings (SSSR count). The number of nitrogens with zero attached hydrogens (tertiary/aromatic N) is 1. The summed E-state index contributed by atoms with van der Waals surface area (Å²) >= 11 is 0. The fourth-order valence-electron chi connectivity index (χ4n) is 2.52. The first-order valence-electron chi connectivity index (χ1n) is 7.11. The molecule has 0 bridgehead atoms. The molecule has 0 amide bonds. The normalized spacial score (nSPS) is 20.2. The van der Waals surface area contributed by atoms with Crippen LogP contribution in [-0.2, 0) is 16.8 Å². The number of nitrogens with two attached hydrogens (primary N) is 1. The molecule has 3 N–H and O–H groups in total. The zero-order valence-electron chi connectivity index (χ0n) is 12.5. The van der Waals surface area contributed by atoms with Gasteiger partial charge < -0.3 is 10.5 Å². The summed E-state index contributed by atoms with van der Waals surface area (Å²) in [6, 6.07) is 5.22. The zero-order chi connectivity index (χ0) is 15.5. The molecule has 21 heavy (non-hydrogen) atoms. The molecule has 0 radical (unpaired) electrons. The SMILES string of the molecule is COc1cc(CN)ccc1NS(=O)(=O)N1CCCC(C)C1. The van der Waals surface area contributed by atoms with Crippen LogP contribution in [0.1, 0.15) is 25.3 Å². The predicted octanol–water partition coefficient (Wildman–Crippen LogP) is 1.54. The minimum absolute atomic E-state index is 0.382. The second kappa shape index (κ2) is 6.64. The highest BCUT2D eigenvalue weighted by atomic mass is 32.2. The minimum Gasteiger partial charge on any atom is -0.495 e. The second-order valence-corrected chi connectivity index (χ2v) is 7.12. The molecule has 0 aliphatic carbocycles. The molecular formula is C14H23N3O3S. The molecule has 1 aliphatic heterocycles. The van der Waals surface area contributed by atoms with Crippen LogP contribution in [0.2, 0.25) is 0 Å². The number of rotatable bonds is 5. The van der Waals surface area contributed by atoms with Gasteiger partial charge in [0.1, 0.15) is 5.75 Å². The molecule has 1 heterocycles. The van der Waals surface area contributed by atoms with Crippen LogP contribution in [0.3, 0.4) is 0 Å². The van der Waals surface area contributed by atoms with Crippen LogP contribution in [-0.4, -0.2) is 32.9 Å². The van der Waals surface area contributed by atoms with E-state index in [1.165, 1.54) is 11.4 Å². The lowest BCUT2D eigenvalue weighted by atomic mass is 10.0. The van der Waals surface area contributed by atoms with Crippen molar-refractivity contribution >= 4 is 15.9 Å². The summed E-state index contributed by atoms with van der Waals surface area (Å²) in [4.78, 5) is 0. The van der Waals surface area contributed by atoms with Gasteiger partial charge in [-0.1, -0.05) is 13.0 Å². The molecule has 0 aromatic heterocycles. The first-order chi connectivity index (χ1) is 9.96. The lowest BCUT2D eigenvalue weighted by Gasteiger charge is -2.30. The van der Waals surface area contributed by atoms with Crippen LogP contribution in [0.25, 0.3) is 0 Å². The summed E-state index contributed by atoms with van der Waals surface area (Å²) in [6.45, 7) is 3.56. The maximum Gasteiger partial charge on any atom is 0.301 e. The Balaban J connectivity index is 2.20. The van der Waals surface area contributed by atoms with Crippen molar-refractivity contribution in [2.24, 2.45) is 11.7 Å². The minimum atomic E-state index is -3.55. The van der Waals surface area contributed by atoms with E-state index in [4.69, 9.17) is 10.5 Å². The van der Waals surface area contributed by atoms with Gasteiger partial charge in [0, 0.05) is 19.6 Å². The Labute approximate surface area is 126 Å². The molecule has 1 aromatic carbocycles. The van der Waals surface area contributed by atoms with Crippen LogP contribution >= 0.6 is 0 Å². The van der Waals surface area contributed by atoms with Crippen LogP contribution in [0.15, 0.2) is 18.2 Å². The van der Waals surface area contributed by atoms with Crippen LogP contribution in [0.4, 0.5) is 5.69 Å². The number of ether oxygens (including phenoxy) is 1. The first-order valence-corrected chi connectivity index (χ1v) is 8.55. The predicted molar refractivity (Wildman–Crippen MR) is 83.4 cm³/mol. The van der Waals surface area contributed by atoms with Crippen LogP contribution in [0, 0.1) is 5.92 Å². The van der Waals surface area contributed by atoms with Crippen molar-refractivity contribution in [2.75, 3.05) is 24.9 Å². The third kappa shape index (κ3) is 3.87. The van der Waals surface area contributed by atoms with Crippen LogP contribution in [0.5, 0.6) is 5.75 Å². The van der Waals surface area contributed by atoms with E-state index in [-0.39, 0.29) is 0 Å². The molecule has 1 aliphatic rings. The van der Waals surface area contributed by atoms with Gasteiger partial charge in [-0.2, -0.15) is 12.7 Å². The standard InChI is InChI=1S/C14H23N3O3S/c1-11-4-3-7-17(10-11)21(18,19)16-13-6-5-12(9-15)8-14(13)20-2/h5-6,8,11,16H,3-4,7,9-10,15H2,1-2H3. The van der Waals surface area contributed by atoms with Gasteiger partial charge in [-0.15, -0.1) is 0 Å². The molecule has 7 heteroatoms. The van der Waals surface area contributed by atoms with Gasteiger partial charge in [0.2, 0.25) is 0 Å². The monoisotopic (exact) mass is 313 g/mol. The molecule has 6 nitrogen and oxygen atoms in total. The number of anilines is 1. The van der Waals surface area contributed by atoms with E-state index in [2.05, 4.69) is 11.6 Å². The summed E-state index contributed by atoms with van der Waals surface area (Å²) in [5, 5.41) is 0. The zero-order valence-corrected chi connectivity index (χ0v) is 13.3. The maximum absolute atomic E-state index is 12.5. The molecule has 0 spiro atoms. The van der Waals surface area contributed by atoms with Crippen molar-refractivity contribution in [1.82, 2.24) is 4.31 Å². The molecule has 1 fully saturated rings. The summed E-state index contributed by atoms with van der Waals surface area (Å²) in [5.74, 6) is 0.864. The Bertz CT molecular complexity index is 589. The van der Waals surface area contributed by atoms with E-state index in [1.54, 1.807) is 18.2 Å². The summed E-state index contributed by atoms with van der Waals surface area (Å²) < 4.78 is 34.3. The Morgan fingerprint density at radius 2 is 2.24 bits per heavy atom. The van der Waals surface area contributed by atoms with Crippen molar-refractivity contribution in [3.8, 4) is 5.75 Å². The molecular weight excluding hydrogens is 290 g/mol. The lowest BCUT2D eigenvalue weighted by Crippen LogP contribution is -2.42. The topological polar surface area (TPSA) is 84.7 Å². The number of piperidine rings is 1. The Morgan fingerprint density at radius 3 is 2.86 bits per heavy atom. The average Bonchev–Trinajstić information content (AvgIpc) is 2.47. The quantitative estimate of drug-likeness (QED) is 0.863. The third-order valence-electron chi connectivity index (χ3n) is 3.70. The Hall–Kier alpha value is -1.31. The van der Waals surface area contributed by atoms with E-state index in [9.17, 15) is 8.42 Å². The second-order valence-electron chi connectivity index (χ2n) is 5.45. The molecule has 118 valence electrons. The van der Waals surface area contributed by atoms with Gasteiger partial charge in [0.15, 0.2) is 0 Å². The summed E-state index contributed by atoms with van der Waals surface area (Å²) in [6.07, 6.45) is 1.96. The highest BCUT2D eigenvalue weighted by Gasteiger charge is 2.27. The fourth-order valence-corrected chi connectivity index (χ4v) is 3.91. The molecule has 1 atom stereocenters. The van der Waals surface area contributed by atoms with Crippen molar-refractivity contribution in [3.63, 3.8) is 0 Å². The van der Waals surface area contributed by atoms with Crippen molar-refractivity contribution in [2.45, 2.75) is 26.3 Å². The smallest absolute Gasteiger partial charge is 0.301 e. The van der Waals surface area contributed by atoms with Gasteiger partial charge in [0.25, 0.3) is 0 Å². The highest BCUT2D eigenvalue weighted by Crippen LogP contribution is 2.28. The van der Waals surface area contributed by atoms with Crippen molar-refractivity contribution in [1.29, 1.82) is 0 Å². The Morgan fingerprint density at radius 1 is 1.48 bits per heavy atom. The number of hydrogen-bond donors (Lipinski definition) is 2.